The highest BCUT2D eigenvalue weighted by molar-refractivity contribution is 7.74. The maximum absolute atomic E-state index is 15.0. The second kappa shape index (κ2) is 29.3. The Kier molecular flexibility index (Phi) is 23.6. The van der Waals surface area contributed by atoms with Crippen LogP contribution in [0.5, 0.6) is 0 Å². The van der Waals surface area contributed by atoms with Gasteiger partial charge in [0.25, 0.3) is 19.1 Å². The van der Waals surface area contributed by atoms with E-state index in [-0.39, 0.29) is 42.8 Å². The van der Waals surface area contributed by atoms with E-state index >= 15 is 0 Å². The zero-order chi connectivity index (χ0) is 57.6. The number of Topliss-reactive ketones (excluding diaryl/α,β-unsaturated/α-hetero) is 3. The van der Waals surface area contributed by atoms with Crippen LogP contribution >= 0.6 is 7.37 Å². The van der Waals surface area contributed by atoms with Gasteiger partial charge in [0.2, 0.25) is 5.79 Å². The minimum Gasteiger partial charge on any atom is -0.460 e. The largest absolute Gasteiger partial charge is 0.460 e. The molecule has 2 bridgehead atoms. The van der Waals surface area contributed by atoms with Gasteiger partial charge in [-0.25, -0.2) is 4.79 Å². The molecule has 1 aliphatic carbocycles. The van der Waals surface area contributed by atoms with Crippen molar-refractivity contribution < 1.29 is 67.0 Å². The van der Waals surface area contributed by atoms with Gasteiger partial charge < -0.3 is 43.3 Å². The van der Waals surface area contributed by atoms with Crippen LogP contribution in [0.3, 0.4) is 0 Å². The number of allylic oxidation sites excluding steroid dienone is 6. The fourth-order valence-corrected chi connectivity index (χ4v) is 14.2. The number of ketones is 3. The van der Waals surface area contributed by atoms with Gasteiger partial charge in [0.05, 0.1) is 24.4 Å². The van der Waals surface area contributed by atoms with Gasteiger partial charge in [0.15, 0.2) is 5.78 Å². The lowest BCUT2D eigenvalue weighted by molar-refractivity contribution is -0.265. The van der Waals surface area contributed by atoms with Crippen LogP contribution in [0.4, 0.5) is 0 Å². The summed E-state index contributed by atoms with van der Waals surface area (Å²) in [6, 6.07) is 17.2. The normalized spacial score (nSPS) is 35.5. The first-order chi connectivity index (χ1) is 37.6. The predicted molar refractivity (Wildman–Crippen MR) is 304 cm³/mol. The minimum atomic E-state index is -3.55. The fourth-order valence-electron chi connectivity index (χ4n) is 11.9. The summed E-state index contributed by atoms with van der Waals surface area (Å²) in [5.74, 6) is -8.37. The number of carbonyl (C=O) groups is 5. The monoisotopic (exact) mass is 1110 g/mol. The number of ether oxygens (including phenoxy) is 5. The molecule has 3 aliphatic heterocycles. The predicted octanol–water partition coefficient (Wildman–Crippen LogP) is 9.13. The number of amides is 1. The van der Waals surface area contributed by atoms with Crippen molar-refractivity contribution in [2.45, 2.75) is 180 Å². The highest BCUT2D eigenvalue weighted by Crippen LogP contribution is 2.49. The number of piperidine rings is 1. The molecule has 6 rings (SSSR count). The Morgan fingerprint density at radius 1 is 0.772 bits per heavy atom. The average Bonchev–Trinajstić information content (AvgIpc) is 3.46. The van der Waals surface area contributed by atoms with Crippen molar-refractivity contribution in [3.63, 3.8) is 0 Å². The number of nitrogens with zero attached hydrogens (tertiary/aromatic N) is 1. The summed E-state index contributed by atoms with van der Waals surface area (Å²) >= 11 is 0. The highest BCUT2D eigenvalue weighted by atomic mass is 31.2. The summed E-state index contributed by atoms with van der Waals surface area (Å²) in [4.78, 5) is 73.1. The van der Waals surface area contributed by atoms with Crippen molar-refractivity contribution in [2.24, 2.45) is 35.5 Å². The summed E-state index contributed by atoms with van der Waals surface area (Å²) in [7, 11) is 1.02. The molecule has 2 N–H and O–H groups in total. The van der Waals surface area contributed by atoms with Crippen LogP contribution in [0.25, 0.3) is 0 Å². The Balaban J connectivity index is 1.29. The molecular weight excluding hydrogens is 1030 g/mol. The average molecular weight is 1110 g/mol. The van der Waals surface area contributed by atoms with E-state index in [4.69, 9.17) is 28.2 Å². The summed E-state index contributed by atoms with van der Waals surface area (Å²) in [5, 5.41) is 24.8. The van der Waals surface area contributed by atoms with Crippen LogP contribution in [-0.2, 0) is 56.7 Å². The Bertz CT molecular complexity index is 2500. The molecule has 1 unspecified atom stereocenters. The molecule has 1 amide bonds. The SMILES string of the molecule is CO[C@H]1C[C@@H]2CC[C@@H](C)C(O)(O2)C(=O)C(=O)N2CCCC[C@H]2C(=O)O[C@H]([C@H](C)C[C@@H]2CC[C@@H](OP(=O)(c3ccccc3)c3ccccc3)[C@H](OC)C2)CC(=O)[C@H](C)/C=C(\C)[C@@H](O)[C@@H](OC)C(=O)[C@H](C)C[C@H](C)/C=C/C=C/C=C/1C. The van der Waals surface area contributed by atoms with Gasteiger partial charge >= 0.3 is 5.97 Å². The lowest BCUT2D eigenvalue weighted by Crippen LogP contribution is -2.61. The van der Waals surface area contributed by atoms with Crippen LogP contribution in [0.1, 0.15) is 126 Å². The molecule has 3 heterocycles. The zero-order valence-corrected chi connectivity index (χ0v) is 49.1. The number of methoxy groups -OCH3 is 3. The summed E-state index contributed by atoms with van der Waals surface area (Å²) in [6.07, 6.45) is 10.6. The van der Waals surface area contributed by atoms with Gasteiger partial charge in [-0.05, 0) is 131 Å². The number of fused-ring (bicyclic) bond motifs is 3. The molecule has 3 fully saturated rings. The summed E-state index contributed by atoms with van der Waals surface area (Å²) in [6.45, 7) is 12.7. The Morgan fingerprint density at radius 3 is 2.08 bits per heavy atom. The van der Waals surface area contributed by atoms with Crippen LogP contribution in [-0.4, -0.2) is 127 Å². The third-order valence-corrected chi connectivity index (χ3v) is 19.5. The molecule has 0 aromatic heterocycles. The maximum atomic E-state index is 15.0. The van der Waals surface area contributed by atoms with E-state index in [0.717, 1.165) is 5.57 Å². The number of hydrogen-bond donors (Lipinski definition) is 2. The molecule has 2 saturated heterocycles. The van der Waals surface area contributed by atoms with Crippen LogP contribution in [0.15, 0.2) is 108 Å². The number of esters is 1. The molecule has 4 aliphatic rings. The summed E-state index contributed by atoms with van der Waals surface area (Å²) < 4.78 is 51.9. The number of aliphatic hydroxyl groups is 2. The number of aliphatic hydroxyl groups excluding tert-OH is 1. The number of carbonyl (C=O) groups excluding carboxylic acids is 5. The third kappa shape index (κ3) is 16.1. The van der Waals surface area contributed by atoms with E-state index in [0.29, 0.717) is 80.4 Å². The van der Waals surface area contributed by atoms with E-state index in [1.807, 2.05) is 119 Å². The van der Waals surface area contributed by atoms with Gasteiger partial charge in [-0.1, -0.05) is 107 Å². The van der Waals surface area contributed by atoms with Crippen molar-refractivity contribution in [3.8, 4) is 0 Å². The van der Waals surface area contributed by atoms with Gasteiger partial charge in [-0.2, -0.15) is 0 Å². The van der Waals surface area contributed by atoms with E-state index in [1.54, 1.807) is 41.1 Å². The lowest BCUT2D eigenvalue weighted by atomic mass is 9.78. The van der Waals surface area contributed by atoms with Crippen molar-refractivity contribution >= 4 is 47.2 Å². The Hall–Kier alpha value is -4.70. The first kappa shape index (κ1) is 63.5. The lowest BCUT2D eigenvalue weighted by Gasteiger charge is -2.42. The molecule has 0 spiro atoms. The highest BCUT2D eigenvalue weighted by Gasteiger charge is 2.53. The van der Waals surface area contributed by atoms with E-state index in [9.17, 15) is 38.8 Å². The zero-order valence-electron chi connectivity index (χ0n) is 48.2. The molecule has 1 saturated carbocycles. The maximum Gasteiger partial charge on any atom is 0.329 e. The second-order valence-corrected chi connectivity index (χ2v) is 25.2. The Labute approximate surface area is 469 Å². The molecule has 2 aromatic carbocycles. The molecule has 2 aromatic rings. The fraction of sp³-hybridized carbons (Fsp3) is 0.603. The van der Waals surface area contributed by atoms with Crippen molar-refractivity contribution in [1.29, 1.82) is 0 Å². The smallest absolute Gasteiger partial charge is 0.329 e. The number of hydrogen-bond acceptors (Lipinski definition) is 14. The van der Waals surface area contributed by atoms with Gasteiger partial charge in [-0.15, -0.1) is 0 Å². The van der Waals surface area contributed by atoms with Crippen molar-refractivity contribution in [1.82, 2.24) is 4.90 Å². The van der Waals surface area contributed by atoms with E-state index in [1.165, 1.54) is 12.0 Å². The van der Waals surface area contributed by atoms with Gasteiger partial charge in [0.1, 0.15) is 30.1 Å². The topological polar surface area (TPSA) is 201 Å². The standard InChI is InChI=1S/C63H88NO14P/c1-40-22-14-11-15-23-41(2)54(73-8)38-48-31-29-46(7)63(71,77-48)60(68)61(69)64-33-21-20-28-51(64)62(70)76-55(39-52(65)42(3)35-45(6)58(67)59(75-10)57(66)44(5)34-40)43(4)36-47-30-32-53(56(37-47)74-9)78-79(72,49-24-16-12-17-25-49)50-26-18-13-19-27-50/h11-19,22-27,35,40,42-44,46-48,51,53-56,58-59,67,71H,20-21,28-34,36-39H2,1-10H3/b15-11+,22-14+,41-23+,45-35+/t40-,42-,43-,44-,46-,47+,48+,51+,53-,54+,55+,56-,58-,59+,63?/m1/s1. The van der Waals surface area contributed by atoms with E-state index < -0.39 is 103 Å². The van der Waals surface area contributed by atoms with Crippen LogP contribution in [0, 0.1) is 35.5 Å². The molecule has 15 atom stereocenters. The second-order valence-electron chi connectivity index (χ2n) is 22.9. The molecule has 16 heteroatoms. The number of cyclic esters (lactones) is 1. The molecule has 0 radical (unpaired) electrons. The quantitative estimate of drug-likeness (QED) is 0.0987. The molecular formula is C63H88NO14P. The van der Waals surface area contributed by atoms with Crippen LogP contribution in [0.2, 0.25) is 0 Å². The third-order valence-electron chi connectivity index (χ3n) is 16.9. The Morgan fingerprint density at radius 2 is 1.44 bits per heavy atom. The van der Waals surface area contributed by atoms with Crippen molar-refractivity contribution in [3.05, 3.63) is 108 Å². The first-order valence-corrected chi connectivity index (χ1v) is 30.2. The number of rotatable bonds is 10. The minimum absolute atomic E-state index is 0.000329. The molecule has 434 valence electrons. The van der Waals surface area contributed by atoms with Gasteiger partial charge in [-0.3, -0.25) is 23.7 Å². The molecule has 79 heavy (non-hydrogen) atoms. The van der Waals surface area contributed by atoms with E-state index in [2.05, 4.69) is 0 Å². The summed E-state index contributed by atoms with van der Waals surface area (Å²) in [5.41, 5.74) is 1.24. The van der Waals surface area contributed by atoms with Crippen LogP contribution < -0.4 is 10.6 Å². The van der Waals surface area contributed by atoms with Gasteiger partial charge in [0, 0.05) is 69.1 Å². The number of benzene rings is 2. The first-order valence-electron chi connectivity index (χ1n) is 28.5. The molecule has 15 nitrogen and oxygen atoms in total. The van der Waals surface area contributed by atoms with Crippen molar-refractivity contribution in [2.75, 3.05) is 27.9 Å².